The number of carbonyl (C=O) groups excluding carboxylic acids is 1. The molecule has 1 aromatic carbocycles. The minimum Gasteiger partial charge on any atom is -0.348 e. The highest BCUT2D eigenvalue weighted by molar-refractivity contribution is 14.1. The number of carbonyl (C=O) groups is 1. The predicted molar refractivity (Wildman–Crippen MR) is 80.2 cm³/mol. The van der Waals surface area contributed by atoms with Crippen LogP contribution in [0.3, 0.4) is 0 Å². The molecule has 1 fully saturated rings. The van der Waals surface area contributed by atoms with Gasteiger partial charge in [-0.15, -0.1) is 12.4 Å². The van der Waals surface area contributed by atoms with E-state index < -0.39 is 0 Å². The van der Waals surface area contributed by atoms with Crippen LogP contribution in [0.5, 0.6) is 0 Å². The Morgan fingerprint density at radius 1 is 1.53 bits per heavy atom. The molecule has 0 radical (unpaired) electrons. The maximum absolute atomic E-state index is 12.0. The standard InChI is InChI=1S/C11H12ClIN2O.ClH/c12-7-1-2-10(13)9(5-7)11(16)15-8-3-4-14-6-8;/h1-2,5,8,14H,3-4,6H2,(H,15,16);1H. The average Bonchev–Trinajstić information content (AvgIpc) is 2.74. The molecule has 6 heteroatoms. The van der Waals surface area contributed by atoms with Gasteiger partial charge in [-0.1, -0.05) is 11.6 Å². The van der Waals surface area contributed by atoms with Crippen molar-refractivity contribution in [3.63, 3.8) is 0 Å². The van der Waals surface area contributed by atoms with Crippen molar-refractivity contribution in [2.75, 3.05) is 13.1 Å². The summed E-state index contributed by atoms with van der Waals surface area (Å²) in [6.07, 6.45) is 0.989. The highest BCUT2D eigenvalue weighted by atomic mass is 127. The molecule has 3 nitrogen and oxygen atoms in total. The molecule has 1 heterocycles. The first-order valence-corrected chi connectivity index (χ1v) is 6.59. The fourth-order valence-electron chi connectivity index (χ4n) is 1.71. The van der Waals surface area contributed by atoms with Gasteiger partial charge in [-0.25, -0.2) is 0 Å². The van der Waals surface area contributed by atoms with Crippen LogP contribution in [0.2, 0.25) is 5.02 Å². The predicted octanol–water partition coefficient (Wildman–Crippen LogP) is 2.46. The zero-order chi connectivity index (χ0) is 11.5. The van der Waals surface area contributed by atoms with E-state index in [-0.39, 0.29) is 24.4 Å². The van der Waals surface area contributed by atoms with Gasteiger partial charge in [0, 0.05) is 21.2 Å². The minimum atomic E-state index is -0.0411. The molecule has 0 aromatic heterocycles. The summed E-state index contributed by atoms with van der Waals surface area (Å²) >= 11 is 8.03. The number of amides is 1. The van der Waals surface area contributed by atoms with E-state index in [1.165, 1.54) is 0 Å². The van der Waals surface area contributed by atoms with Crippen molar-refractivity contribution in [1.82, 2.24) is 10.6 Å². The second kappa shape index (κ2) is 6.78. The lowest BCUT2D eigenvalue weighted by atomic mass is 10.2. The summed E-state index contributed by atoms with van der Waals surface area (Å²) in [5.41, 5.74) is 0.653. The number of hydrogen-bond acceptors (Lipinski definition) is 2. The van der Waals surface area contributed by atoms with Crippen LogP contribution >= 0.6 is 46.6 Å². The third-order valence-corrected chi connectivity index (χ3v) is 3.74. The molecule has 0 saturated carbocycles. The van der Waals surface area contributed by atoms with E-state index in [1.54, 1.807) is 12.1 Å². The molecule has 1 saturated heterocycles. The minimum absolute atomic E-state index is 0. The normalized spacial score (nSPS) is 18.6. The van der Waals surface area contributed by atoms with Crippen LogP contribution in [-0.4, -0.2) is 25.0 Å². The molecule has 0 spiro atoms. The van der Waals surface area contributed by atoms with Crippen molar-refractivity contribution in [1.29, 1.82) is 0 Å². The van der Waals surface area contributed by atoms with Gasteiger partial charge in [0.05, 0.1) is 5.56 Å². The maximum Gasteiger partial charge on any atom is 0.252 e. The summed E-state index contributed by atoms with van der Waals surface area (Å²) in [6, 6.07) is 5.59. The number of nitrogens with one attached hydrogen (secondary N) is 2. The monoisotopic (exact) mass is 386 g/mol. The third-order valence-electron chi connectivity index (χ3n) is 2.57. The lowest BCUT2D eigenvalue weighted by Gasteiger charge is -2.12. The lowest BCUT2D eigenvalue weighted by molar-refractivity contribution is 0.0939. The summed E-state index contributed by atoms with van der Waals surface area (Å²) in [5.74, 6) is -0.0411. The SMILES string of the molecule is Cl.O=C(NC1CCNC1)c1cc(Cl)ccc1I. The van der Waals surface area contributed by atoms with Gasteiger partial charge < -0.3 is 10.6 Å². The number of hydrogen-bond donors (Lipinski definition) is 2. The van der Waals surface area contributed by atoms with Crippen molar-refractivity contribution >= 4 is 52.5 Å². The van der Waals surface area contributed by atoms with E-state index in [1.807, 2.05) is 6.07 Å². The van der Waals surface area contributed by atoms with E-state index >= 15 is 0 Å². The number of rotatable bonds is 2. The summed E-state index contributed by atoms with van der Waals surface area (Å²) in [7, 11) is 0. The Labute approximate surface area is 125 Å². The Morgan fingerprint density at radius 3 is 2.94 bits per heavy atom. The first-order valence-electron chi connectivity index (χ1n) is 5.13. The van der Waals surface area contributed by atoms with Crippen LogP contribution in [0.25, 0.3) is 0 Å². The maximum atomic E-state index is 12.0. The lowest BCUT2D eigenvalue weighted by Crippen LogP contribution is -2.36. The van der Waals surface area contributed by atoms with Gasteiger partial charge >= 0.3 is 0 Å². The zero-order valence-electron chi connectivity index (χ0n) is 9.00. The average molecular weight is 387 g/mol. The molecule has 2 rings (SSSR count). The Morgan fingerprint density at radius 2 is 2.29 bits per heavy atom. The molecule has 1 atom stereocenters. The molecule has 0 bridgehead atoms. The Bertz CT molecular complexity index is 408. The molecular formula is C11H13Cl2IN2O. The quantitative estimate of drug-likeness (QED) is 0.766. The van der Waals surface area contributed by atoms with Crippen LogP contribution in [0.1, 0.15) is 16.8 Å². The molecule has 1 unspecified atom stereocenters. The molecule has 17 heavy (non-hydrogen) atoms. The largest absolute Gasteiger partial charge is 0.348 e. The number of benzene rings is 1. The van der Waals surface area contributed by atoms with Crippen molar-refractivity contribution in [2.24, 2.45) is 0 Å². The van der Waals surface area contributed by atoms with E-state index in [9.17, 15) is 4.79 Å². The van der Waals surface area contributed by atoms with Gasteiger partial charge in [0.15, 0.2) is 0 Å². The second-order valence-corrected chi connectivity index (χ2v) is 5.39. The van der Waals surface area contributed by atoms with E-state index in [2.05, 4.69) is 33.2 Å². The van der Waals surface area contributed by atoms with Gasteiger partial charge in [-0.05, 0) is 53.8 Å². The highest BCUT2D eigenvalue weighted by Crippen LogP contribution is 2.18. The van der Waals surface area contributed by atoms with Crippen molar-refractivity contribution < 1.29 is 4.79 Å². The fourth-order valence-corrected chi connectivity index (χ4v) is 2.47. The van der Waals surface area contributed by atoms with E-state index in [0.29, 0.717) is 10.6 Å². The summed E-state index contributed by atoms with van der Waals surface area (Å²) in [5, 5.41) is 6.80. The number of halogens is 3. The van der Waals surface area contributed by atoms with Crippen LogP contribution in [-0.2, 0) is 0 Å². The van der Waals surface area contributed by atoms with Gasteiger partial charge in [0.1, 0.15) is 0 Å². The highest BCUT2D eigenvalue weighted by Gasteiger charge is 2.18. The van der Waals surface area contributed by atoms with Crippen molar-refractivity contribution in [2.45, 2.75) is 12.5 Å². The van der Waals surface area contributed by atoms with E-state index in [0.717, 1.165) is 23.1 Å². The first kappa shape index (κ1) is 15.0. The van der Waals surface area contributed by atoms with Crippen LogP contribution < -0.4 is 10.6 Å². The molecular weight excluding hydrogens is 374 g/mol. The molecule has 2 N–H and O–H groups in total. The Kier molecular flexibility index (Phi) is 5.99. The summed E-state index contributed by atoms with van der Waals surface area (Å²) < 4.78 is 0.922. The van der Waals surface area contributed by atoms with Crippen LogP contribution in [0.4, 0.5) is 0 Å². The summed E-state index contributed by atoms with van der Waals surface area (Å²) in [4.78, 5) is 12.0. The summed E-state index contributed by atoms with van der Waals surface area (Å²) in [6.45, 7) is 1.82. The smallest absolute Gasteiger partial charge is 0.252 e. The van der Waals surface area contributed by atoms with Crippen molar-refractivity contribution in [3.8, 4) is 0 Å². The first-order chi connectivity index (χ1) is 7.66. The Balaban J connectivity index is 0.00000144. The second-order valence-electron chi connectivity index (χ2n) is 3.79. The van der Waals surface area contributed by atoms with Gasteiger partial charge in [0.25, 0.3) is 5.91 Å². The topological polar surface area (TPSA) is 41.1 Å². The van der Waals surface area contributed by atoms with Gasteiger partial charge in [-0.3, -0.25) is 4.79 Å². The van der Waals surface area contributed by atoms with Gasteiger partial charge in [0.2, 0.25) is 0 Å². The molecule has 1 aromatic rings. The van der Waals surface area contributed by atoms with Crippen LogP contribution in [0.15, 0.2) is 18.2 Å². The van der Waals surface area contributed by atoms with Gasteiger partial charge in [-0.2, -0.15) is 0 Å². The van der Waals surface area contributed by atoms with Crippen LogP contribution in [0, 0.1) is 3.57 Å². The molecule has 1 amide bonds. The molecule has 0 aliphatic carbocycles. The molecule has 1 aliphatic rings. The Hall–Kier alpha value is -0.0400. The van der Waals surface area contributed by atoms with Crippen molar-refractivity contribution in [3.05, 3.63) is 32.4 Å². The third kappa shape index (κ3) is 3.98. The van der Waals surface area contributed by atoms with E-state index in [4.69, 9.17) is 11.6 Å². The fraction of sp³-hybridized carbons (Fsp3) is 0.364. The zero-order valence-corrected chi connectivity index (χ0v) is 12.7. The molecule has 94 valence electrons. The molecule has 1 aliphatic heterocycles.